The predicted octanol–water partition coefficient (Wildman–Crippen LogP) is 7.32. The number of unbranched alkanes of at least 4 members (excludes halogenated alkanes) is 1. The summed E-state index contributed by atoms with van der Waals surface area (Å²) in [5.74, 6) is 0.758. The number of benzene rings is 2. The molecule has 1 aliphatic carbocycles. The molecule has 1 saturated carbocycles. The lowest BCUT2D eigenvalue weighted by atomic mass is 9.79. The van der Waals surface area contributed by atoms with Gasteiger partial charge in [-0.2, -0.15) is 0 Å². The number of carbonyl (C=O) groups excluding carboxylic acids is 1. The Morgan fingerprint density at radius 2 is 1.72 bits per heavy atom. The Bertz CT molecular complexity index is 899. The molecule has 0 spiro atoms. The van der Waals surface area contributed by atoms with Crippen LogP contribution in [0.2, 0.25) is 0 Å². The van der Waals surface area contributed by atoms with E-state index in [0.717, 1.165) is 49.8 Å². The highest BCUT2D eigenvalue weighted by Crippen LogP contribution is 2.33. The Balaban J connectivity index is 1.96. The van der Waals surface area contributed by atoms with Gasteiger partial charge in [-0.15, -0.1) is 0 Å². The molecule has 2 atom stereocenters. The van der Waals surface area contributed by atoms with Gasteiger partial charge < -0.3 is 5.32 Å². The second-order valence-electron chi connectivity index (χ2n) is 8.92. The summed E-state index contributed by atoms with van der Waals surface area (Å²) in [6, 6.07) is 18.8. The standard InChI is InChI=1S/C29H38N2O/c1-4-5-12-24(20-21-30-3)22-31(29(32)28-15-10-9-11-23(28)2)27-18-16-26(17-19-27)25-13-7-6-8-14-25/h6-8,13-14,16-23,28,30H,4-5,9-12,15H2,1-3H3/b21-20-,24-22+. The van der Waals surface area contributed by atoms with Crippen molar-refractivity contribution in [1.29, 1.82) is 0 Å². The molecule has 3 rings (SSSR count). The van der Waals surface area contributed by atoms with Gasteiger partial charge in [-0.1, -0.05) is 75.6 Å². The number of carbonyl (C=O) groups is 1. The SMILES string of the molecule is CCCCC(/C=C\NC)=C\N(C(=O)C1CCCCC1C)c1ccc(-c2ccccc2)cc1. The second kappa shape index (κ2) is 12.3. The molecule has 0 bridgehead atoms. The summed E-state index contributed by atoms with van der Waals surface area (Å²) >= 11 is 0. The Kier molecular flexibility index (Phi) is 9.15. The van der Waals surface area contributed by atoms with Crippen molar-refractivity contribution >= 4 is 11.6 Å². The summed E-state index contributed by atoms with van der Waals surface area (Å²) in [6.45, 7) is 4.44. The van der Waals surface area contributed by atoms with E-state index in [2.05, 4.69) is 80.0 Å². The minimum atomic E-state index is 0.0921. The molecule has 0 radical (unpaired) electrons. The molecule has 32 heavy (non-hydrogen) atoms. The van der Waals surface area contributed by atoms with E-state index in [1.165, 1.54) is 17.6 Å². The van der Waals surface area contributed by atoms with E-state index in [-0.39, 0.29) is 11.8 Å². The number of hydrogen-bond acceptors (Lipinski definition) is 2. The first-order valence-corrected chi connectivity index (χ1v) is 12.2. The van der Waals surface area contributed by atoms with Crippen molar-refractivity contribution in [3.05, 3.63) is 78.6 Å². The molecule has 2 unspecified atom stereocenters. The average molecular weight is 431 g/mol. The molecular weight excluding hydrogens is 392 g/mol. The molecule has 1 aliphatic rings. The van der Waals surface area contributed by atoms with Gasteiger partial charge in [0.25, 0.3) is 0 Å². The molecule has 0 saturated heterocycles. The van der Waals surface area contributed by atoms with Crippen molar-refractivity contribution in [3.63, 3.8) is 0 Å². The zero-order valence-corrected chi connectivity index (χ0v) is 19.9. The van der Waals surface area contributed by atoms with Crippen molar-refractivity contribution in [3.8, 4) is 11.1 Å². The summed E-state index contributed by atoms with van der Waals surface area (Å²) in [5, 5.41) is 3.09. The van der Waals surface area contributed by atoms with Crippen LogP contribution in [0.4, 0.5) is 5.69 Å². The van der Waals surface area contributed by atoms with Crippen LogP contribution < -0.4 is 10.2 Å². The van der Waals surface area contributed by atoms with Gasteiger partial charge in [0.1, 0.15) is 0 Å². The fourth-order valence-electron chi connectivity index (χ4n) is 4.50. The molecular formula is C29H38N2O. The molecule has 0 aliphatic heterocycles. The van der Waals surface area contributed by atoms with Crippen molar-refractivity contribution in [2.45, 2.75) is 58.8 Å². The van der Waals surface area contributed by atoms with Gasteiger partial charge in [0.15, 0.2) is 0 Å². The third kappa shape index (κ3) is 6.35. The zero-order valence-electron chi connectivity index (χ0n) is 19.9. The van der Waals surface area contributed by atoms with Crippen LogP contribution in [0.3, 0.4) is 0 Å². The Morgan fingerprint density at radius 1 is 1.03 bits per heavy atom. The number of rotatable bonds is 9. The number of allylic oxidation sites excluding steroid dienone is 2. The topological polar surface area (TPSA) is 32.3 Å². The maximum atomic E-state index is 13.8. The van der Waals surface area contributed by atoms with E-state index in [0.29, 0.717) is 5.92 Å². The van der Waals surface area contributed by atoms with Crippen molar-refractivity contribution in [2.24, 2.45) is 11.8 Å². The first-order chi connectivity index (χ1) is 15.6. The van der Waals surface area contributed by atoms with E-state index in [1.807, 2.05) is 24.2 Å². The average Bonchev–Trinajstić information content (AvgIpc) is 2.84. The minimum absolute atomic E-state index is 0.0921. The second-order valence-corrected chi connectivity index (χ2v) is 8.92. The molecule has 0 heterocycles. The molecule has 3 nitrogen and oxygen atoms in total. The quantitative estimate of drug-likeness (QED) is 0.423. The van der Waals surface area contributed by atoms with E-state index in [4.69, 9.17) is 0 Å². The highest BCUT2D eigenvalue weighted by Gasteiger charge is 2.31. The lowest BCUT2D eigenvalue weighted by Gasteiger charge is -2.32. The molecule has 2 aromatic carbocycles. The fraction of sp³-hybridized carbons (Fsp3) is 0.414. The zero-order chi connectivity index (χ0) is 22.8. The predicted molar refractivity (Wildman–Crippen MR) is 136 cm³/mol. The van der Waals surface area contributed by atoms with Crippen LogP contribution >= 0.6 is 0 Å². The fourth-order valence-corrected chi connectivity index (χ4v) is 4.50. The van der Waals surface area contributed by atoms with Crippen LogP contribution in [0, 0.1) is 11.8 Å². The summed E-state index contributed by atoms with van der Waals surface area (Å²) in [4.78, 5) is 15.7. The third-order valence-corrected chi connectivity index (χ3v) is 6.50. The van der Waals surface area contributed by atoms with E-state index in [9.17, 15) is 4.79 Å². The molecule has 2 aromatic rings. The van der Waals surface area contributed by atoms with E-state index < -0.39 is 0 Å². The minimum Gasteiger partial charge on any atom is -0.394 e. The van der Waals surface area contributed by atoms with Gasteiger partial charge in [-0.3, -0.25) is 9.69 Å². The van der Waals surface area contributed by atoms with Crippen LogP contribution in [0.15, 0.2) is 78.6 Å². The number of amides is 1. The van der Waals surface area contributed by atoms with Gasteiger partial charge in [0, 0.05) is 24.9 Å². The number of nitrogens with one attached hydrogen (secondary N) is 1. The maximum absolute atomic E-state index is 13.8. The molecule has 1 amide bonds. The van der Waals surface area contributed by atoms with Gasteiger partial charge in [0.05, 0.1) is 0 Å². The first kappa shape index (κ1) is 23.8. The molecule has 1 fully saturated rings. The maximum Gasteiger partial charge on any atom is 0.234 e. The van der Waals surface area contributed by atoms with Crippen molar-refractivity contribution in [1.82, 2.24) is 5.32 Å². The normalized spacial score (nSPS) is 19.2. The molecule has 1 N–H and O–H groups in total. The Hall–Kier alpha value is -2.81. The summed E-state index contributed by atoms with van der Waals surface area (Å²) in [7, 11) is 1.91. The Morgan fingerprint density at radius 3 is 2.38 bits per heavy atom. The lowest BCUT2D eigenvalue weighted by molar-refractivity contribution is -0.124. The lowest BCUT2D eigenvalue weighted by Crippen LogP contribution is -2.37. The summed E-state index contributed by atoms with van der Waals surface area (Å²) in [5.41, 5.74) is 4.47. The van der Waals surface area contributed by atoms with E-state index >= 15 is 0 Å². The number of hydrogen-bond donors (Lipinski definition) is 1. The smallest absolute Gasteiger partial charge is 0.234 e. The van der Waals surface area contributed by atoms with Crippen LogP contribution in [0.5, 0.6) is 0 Å². The highest BCUT2D eigenvalue weighted by molar-refractivity contribution is 5.97. The molecule has 170 valence electrons. The summed E-state index contributed by atoms with van der Waals surface area (Å²) < 4.78 is 0. The van der Waals surface area contributed by atoms with Crippen molar-refractivity contribution < 1.29 is 4.79 Å². The third-order valence-electron chi connectivity index (χ3n) is 6.50. The molecule has 0 aromatic heterocycles. The van der Waals surface area contributed by atoms with E-state index in [1.54, 1.807) is 0 Å². The number of anilines is 1. The van der Waals surface area contributed by atoms with Crippen molar-refractivity contribution in [2.75, 3.05) is 11.9 Å². The van der Waals surface area contributed by atoms with Gasteiger partial charge >= 0.3 is 0 Å². The van der Waals surface area contributed by atoms with Gasteiger partial charge in [0.2, 0.25) is 5.91 Å². The van der Waals surface area contributed by atoms with Gasteiger partial charge in [-0.25, -0.2) is 0 Å². The van der Waals surface area contributed by atoms with Gasteiger partial charge in [-0.05, 0) is 72.7 Å². The molecule has 3 heteroatoms. The monoisotopic (exact) mass is 430 g/mol. The number of nitrogens with zero attached hydrogens (tertiary/aromatic N) is 1. The summed E-state index contributed by atoms with van der Waals surface area (Å²) in [6.07, 6.45) is 13.8. The van der Waals surface area contributed by atoms with Crippen LogP contribution in [-0.4, -0.2) is 13.0 Å². The van der Waals surface area contributed by atoms with Crippen LogP contribution in [-0.2, 0) is 4.79 Å². The first-order valence-electron chi connectivity index (χ1n) is 12.2. The largest absolute Gasteiger partial charge is 0.394 e. The van der Waals surface area contributed by atoms with Crippen LogP contribution in [0.25, 0.3) is 11.1 Å². The van der Waals surface area contributed by atoms with Crippen LogP contribution in [0.1, 0.15) is 58.8 Å². The Labute approximate surface area is 194 Å². The highest BCUT2D eigenvalue weighted by atomic mass is 16.2.